The van der Waals surface area contributed by atoms with Crippen LogP contribution in [0.4, 0.5) is 0 Å². The third kappa shape index (κ3) is 5.32. The van der Waals surface area contributed by atoms with E-state index in [1.165, 1.54) is 0 Å². The number of aliphatic hydroxyl groups is 1. The maximum atomic E-state index is 12.3. The quantitative estimate of drug-likeness (QED) is 0.787. The van der Waals surface area contributed by atoms with Crippen molar-refractivity contribution in [2.24, 2.45) is 18.9 Å². The lowest BCUT2D eigenvalue weighted by atomic mass is 9.99. The van der Waals surface area contributed by atoms with Crippen LogP contribution in [-0.4, -0.2) is 58.5 Å². The van der Waals surface area contributed by atoms with Crippen molar-refractivity contribution in [1.82, 2.24) is 20.0 Å². The zero-order valence-electron chi connectivity index (χ0n) is 14.6. The minimum absolute atomic E-state index is 0.0641. The van der Waals surface area contributed by atoms with Gasteiger partial charge in [-0.2, -0.15) is 5.10 Å². The molecule has 0 aliphatic carbocycles. The number of aryl methyl sites for hydroxylation is 1. The summed E-state index contributed by atoms with van der Waals surface area (Å²) < 4.78 is 1.66. The average Bonchev–Trinajstić information content (AvgIpc) is 2.87. The van der Waals surface area contributed by atoms with Gasteiger partial charge in [-0.25, -0.2) is 0 Å². The second-order valence-electron chi connectivity index (χ2n) is 6.99. The minimum Gasteiger partial charge on any atom is -0.396 e. The van der Waals surface area contributed by atoms with Crippen LogP contribution in [0, 0.1) is 11.8 Å². The Hall–Kier alpha value is -1.40. The van der Waals surface area contributed by atoms with E-state index in [-0.39, 0.29) is 12.5 Å². The molecule has 1 aromatic heterocycles. The standard InChI is InChI=1S/C17H30N4O2/c1-13(2)9-15-10-16(20(3)19-15)17(23)18-6-8-21-7-4-5-14(11-21)12-22/h10,13-14,22H,4-9,11-12H2,1-3H3,(H,18,23)/t14-/m0/s1. The Morgan fingerprint density at radius 2 is 2.30 bits per heavy atom. The highest BCUT2D eigenvalue weighted by atomic mass is 16.3. The first kappa shape index (κ1) is 17.9. The highest BCUT2D eigenvalue weighted by Gasteiger charge is 2.19. The number of aromatic nitrogens is 2. The third-order valence-corrected chi connectivity index (χ3v) is 4.36. The molecule has 6 heteroatoms. The minimum atomic E-state index is -0.0641. The fraction of sp³-hybridized carbons (Fsp3) is 0.765. The summed E-state index contributed by atoms with van der Waals surface area (Å²) in [7, 11) is 1.81. The maximum Gasteiger partial charge on any atom is 0.269 e. The van der Waals surface area contributed by atoms with E-state index in [4.69, 9.17) is 0 Å². The van der Waals surface area contributed by atoms with Crippen LogP contribution in [0.3, 0.4) is 0 Å². The summed E-state index contributed by atoms with van der Waals surface area (Å²) in [6.07, 6.45) is 3.11. The van der Waals surface area contributed by atoms with Gasteiger partial charge in [-0.3, -0.25) is 9.48 Å². The number of nitrogens with one attached hydrogen (secondary N) is 1. The molecular formula is C17H30N4O2. The first-order valence-corrected chi connectivity index (χ1v) is 8.64. The molecule has 0 spiro atoms. The molecule has 1 aliphatic rings. The van der Waals surface area contributed by atoms with Gasteiger partial charge in [0.1, 0.15) is 5.69 Å². The van der Waals surface area contributed by atoms with Crippen molar-refractivity contribution in [3.8, 4) is 0 Å². The van der Waals surface area contributed by atoms with E-state index in [2.05, 4.69) is 29.2 Å². The van der Waals surface area contributed by atoms with Crippen molar-refractivity contribution in [2.45, 2.75) is 33.1 Å². The van der Waals surface area contributed by atoms with Gasteiger partial charge < -0.3 is 15.3 Å². The Bertz CT molecular complexity index is 513. The van der Waals surface area contributed by atoms with Gasteiger partial charge in [-0.05, 0) is 43.7 Å². The van der Waals surface area contributed by atoms with Crippen LogP contribution in [0.15, 0.2) is 6.07 Å². The predicted molar refractivity (Wildman–Crippen MR) is 90.3 cm³/mol. The van der Waals surface area contributed by atoms with Gasteiger partial charge in [0.25, 0.3) is 5.91 Å². The van der Waals surface area contributed by atoms with Crippen molar-refractivity contribution in [2.75, 3.05) is 32.8 Å². The largest absolute Gasteiger partial charge is 0.396 e. The lowest BCUT2D eigenvalue weighted by Crippen LogP contribution is -2.41. The summed E-state index contributed by atoms with van der Waals surface area (Å²) in [4.78, 5) is 14.6. The number of amides is 1. The highest BCUT2D eigenvalue weighted by Crippen LogP contribution is 2.15. The number of carbonyl (C=O) groups is 1. The number of carbonyl (C=O) groups excluding carboxylic acids is 1. The number of rotatable bonds is 7. The average molecular weight is 322 g/mol. The molecule has 1 aliphatic heterocycles. The van der Waals surface area contributed by atoms with Gasteiger partial charge in [-0.1, -0.05) is 13.8 Å². The molecule has 1 fully saturated rings. The first-order chi connectivity index (χ1) is 11.0. The fourth-order valence-corrected chi connectivity index (χ4v) is 3.18. The Morgan fingerprint density at radius 3 is 3.00 bits per heavy atom. The number of likely N-dealkylation sites (tertiary alicyclic amines) is 1. The number of nitrogens with zero attached hydrogens (tertiary/aromatic N) is 3. The first-order valence-electron chi connectivity index (χ1n) is 8.64. The molecule has 0 radical (unpaired) electrons. The van der Waals surface area contributed by atoms with Crippen molar-refractivity contribution in [1.29, 1.82) is 0 Å². The number of hydrogen-bond acceptors (Lipinski definition) is 4. The lowest BCUT2D eigenvalue weighted by molar-refractivity contribution is 0.0922. The van der Waals surface area contributed by atoms with Crippen LogP contribution in [0.2, 0.25) is 0 Å². The molecule has 1 saturated heterocycles. The fourth-order valence-electron chi connectivity index (χ4n) is 3.18. The summed E-state index contributed by atoms with van der Waals surface area (Å²) in [5, 5.41) is 16.7. The van der Waals surface area contributed by atoms with E-state index in [0.29, 0.717) is 24.1 Å². The van der Waals surface area contributed by atoms with Gasteiger partial charge in [0.15, 0.2) is 0 Å². The second-order valence-corrected chi connectivity index (χ2v) is 6.99. The number of piperidine rings is 1. The number of aliphatic hydroxyl groups excluding tert-OH is 1. The van der Waals surface area contributed by atoms with Crippen LogP contribution in [-0.2, 0) is 13.5 Å². The SMILES string of the molecule is CC(C)Cc1cc(C(=O)NCCN2CCC[C@H](CO)C2)n(C)n1. The Labute approximate surface area is 138 Å². The zero-order valence-corrected chi connectivity index (χ0v) is 14.6. The van der Waals surface area contributed by atoms with Crippen LogP contribution in [0.5, 0.6) is 0 Å². The Morgan fingerprint density at radius 1 is 1.52 bits per heavy atom. The second kappa shape index (κ2) is 8.45. The molecule has 2 rings (SSSR count). The van der Waals surface area contributed by atoms with Gasteiger partial charge in [0, 0.05) is 33.3 Å². The van der Waals surface area contributed by atoms with Crippen molar-refractivity contribution in [3.05, 3.63) is 17.5 Å². The third-order valence-electron chi connectivity index (χ3n) is 4.36. The van der Waals surface area contributed by atoms with Crippen molar-refractivity contribution in [3.63, 3.8) is 0 Å². The molecule has 2 N–H and O–H groups in total. The van der Waals surface area contributed by atoms with E-state index in [0.717, 1.165) is 44.6 Å². The molecule has 130 valence electrons. The summed E-state index contributed by atoms with van der Waals surface area (Å²) in [6.45, 7) is 7.99. The molecule has 0 aromatic carbocycles. The molecule has 6 nitrogen and oxygen atoms in total. The lowest BCUT2D eigenvalue weighted by Gasteiger charge is -2.31. The van der Waals surface area contributed by atoms with E-state index in [1.54, 1.807) is 4.68 Å². The summed E-state index contributed by atoms with van der Waals surface area (Å²) in [5.74, 6) is 0.847. The molecule has 0 bridgehead atoms. The van der Waals surface area contributed by atoms with Crippen LogP contribution < -0.4 is 5.32 Å². The molecule has 23 heavy (non-hydrogen) atoms. The molecule has 1 aromatic rings. The molecule has 1 atom stereocenters. The van der Waals surface area contributed by atoms with Crippen LogP contribution >= 0.6 is 0 Å². The normalized spacial score (nSPS) is 19.3. The monoisotopic (exact) mass is 322 g/mol. The topological polar surface area (TPSA) is 70.4 Å². The van der Waals surface area contributed by atoms with Gasteiger partial charge >= 0.3 is 0 Å². The Kier molecular flexibility index (Phi) is 6.59. The van der Waals surface area contributed by atoms with Crippen molar-refractivity contribution >= 4 is 5.91 Å². The molecular weight excluding hydrogens is 292 g/mol. The highest BCUT2D eigenvalue weighted by molar-refractivity contribution is 5.92. The predicted octanol–water partition coefficient (Wildman–Crippen LogP) is 1.05. The zero-order chi connectivity index (χ0) is 16.8. The van der Waals surface area contributed by atoms with Crippen LogP contribution in [0.25, 0.3) is 0 Å². The maximum absolute atomic E-state index is 12.3. The molecule has 0 unspecified atom stereocenters. The molecule has 2 heterocycles. The summed E-state index contributed by atoms with van der Waals surface area (Å²) in [6, 6.07) is 1.89. The number of hydrogen-bond donors (Lipinski definition) is 2. The van der Waals surface area contributed by atoms with E-state index < -0.39 is 0 Å². The van der Waals surface area contributed by atoms with Gasteiger partial charge in [0.05, 0.1) is 5.69 Å². The molecule has 1 amide bonds. The van der Waals surface area contributed by atoms with E-state index in [9.17, 15) is 9.90 Å². The van der Waals surface area contributed by atoms with E-state index in [1.807, 2.05) is 13.1 Å². The van der Waals surface area contributed by atoms with Gasteiger partial charge in [0.2, 0.25) is 0 Å². The van der Waals surface area contributed by atoms with Gasteiger partial charge in [-0.15, -0.1) is 0 Å². The van der Waals surface area contributed by atoms with Crippen molar-refractivity contribution < 1.29 is 9.90 Å². The summed E-state index contributed by atoms with van der Waals surface area (Å²) >= 11 is 0. The summed E-state index contributed by atoms with van der Waals surface area (Å²) in [5.41, 5.74) is 1.59. The van der Waals surface area contributed by atoms with Crippen LogP contribution in [0.1, 0.15) is 42.9 Å². The smallest absolute Gasteiger partial charge is 0.269 e. The van der Waals surface area contributed by atoms with E-state index >= 15 is 0 Å². The molecule has 0 saturated carbocycles. The Balaban J connectivity index is 1.79.